The molecule has 0 spiro atoms. The zero-order valence-corrected chi connectivity index (χ0v) is 22.9. The third kappa shape index (κ3) is 11.1. The predicted molar refractivity (Wildman–Crippen MR) is 155 cm³/mol. The second kappa shape index (κ2) is 17.1. The van der Waals surface area contributed by atoms with E-state index in [2.05, 4.69) is 34.8 Å². The molecule has 2 aromatic rings. The van der Waals surface area contributed by atoms with E-state index in [0.29, 0.717) is 5.56 Å². The summed E-state index contributed by atoms with van der Waals surface area (Å²) in [6.45, 7) is 3.86. The molecule has 0 radical (unpaired) electrons. The van der Waals surface area contributed by atoms with E-state index < -0.39 is 0 Å². The van der Waals surface area contributed by atoms with Crippen LogP contribution in [0.4, 0.5) is 5.69 Å². The van der Waals surface area contributed by atoms with Crippen LogP contribution in [0.5, 0.6) is 5.75 Å². The predicted octanol–water partition coefficient (Wildman–Crippen LogP) is 9.00. The first kappa shape index (κ1) is 28.2. The Morgan fingerprint density at radius 1 is 0.889 bits per heavy atom. The van der Waals surface area contributed by atoms with E-state index in [1.807, 2.05) is 42.5 Å². The van der Waals surface area contributed by atoms with Gasteiger partial charge in [0.05, 0.1) is 12.5 Å². The van der Waals surface area contributed by atoms with Crippen LogP contribution in [0.1, 0.15) is 99.9 Å². The zero-order valence-electron chi connectivity index (χ0n) is 22.1. The van der Waals surface area contributed by atoms with Gasteiger partial charge in [0.15, 0.2) is 0 Å². The smallest absolute Gasteiger partial charge is 0.255 e. The molecule has 5 heteroatoms. The number of anilines is 1. The van der Waals surface area contributed by atoms with Crippen molar-refractivity contribution in [3.05, 3.63) is 71.3 Å². The van der Waals surface area contributed by atoms with Crippen LogP contribution in [-0.4, -0.2) is 23.3 Å². The summed E-state index contributed by atoms with van der Waals surface area (Å²) in [6.07, 6.45) is 18.2. The number of ether oxygens (including phenoxy) is 1. The normalized spacial score (nSPS) is 12.8. The minimum absolute atomic E-state index is 0.101. The van der Waals surface area contributed by atoms with Crippen molar-refractivity contribution in [2.45, 2.75) is 90.5 Å². The summed E-state index contributed by atoms with van der Waals surface area (Å²) in [7, 11) is 0. The van der Waals surface area contributed by atoms with Gasteiger partial charge in [0.2, 0.25) is 0 Å². The van der Waals surface area contributed by atoms with E-state index in [4.69, 9.17) is 4.74 Å². The summed E-state index contributed by atoms with van der Waals surface area (Å²) in [5.41, 5.74) is 2.64. The molecular weight excluding hydrogens is 464 g/mol. The lowest BCUT2D eigenvalue weighted by Crippen LogP contribution is -2.14. The lowest BCUT2D eigenvalue weighted by atomic mass is 10.1. The molecule has 1 aliphatic heterocycles. The number of carbonyl (C=O) groups is 1. The molecule has 2 aromatic carbocycles. The number of hydrogen-bond acceptors (Lipinski definition) is 4. The molecule has 0 saturated carbocycles. The Balaban J connectivity index is 1.26. The quantitative estimate of drug-likeness (QED) is 0.204. The third-order valence-electron chi connectivity index (χ3n) is 6.56. The second-order valence-corrected chi connectivity index (χ2v) is 10.6. The van der Waals surface area contributed by atoms with E-state index in [9.17, 15) is 4.79 Å². The first-order valence-corrected chi connectivity index (χ1v) is 14.9. The summed E-state index contributed by atoms with van der Waals surface area (Å²) < 4.78 is 5.89. The van der Waals surface area contributed by atoms with Crippen LogP contribution in [0.25, 0.3) is 0 Å². The van der Waals surface area contributed by atoms with Gasteiger partial charge in [-0.1, -0.05) is 89.7 Å². The van der Waals surface area contributed by atoms with E-state index in [1.165, 1.54) is 76.2 Å². The number of benzene rings is 2. The second-order valence-electron chi connectivity index (χ2n) is 9.74. The Labute approximate surface area is 222 Å². The van der Waals surface area contributed by atoms with Crippen molar-refractivity contribution >= 4 is 23.4 Å². The van der Waals surface area contributed by atoms with Crippen molar-refractivity contribution in [2.24, 2.45) is 0 Å². The maximum absolute atomic E-state index is 12.7. The minimum Gasteiger partial charge on any atom is -0.494 e. The van der Waals surface area contributed by atoms with Crippen LogP contribution in [0.2, 0.25) is 0 Å². The molecule has 1 N–H and O–H groups in total. The first-order chi connectivity index (χ1) is 17.7. The van der Waals surface area contributed by atoms with Crippen LogP contribution in [0.3, 0.4) is 0 Å². The first-order valence-electron chi connectivity index (χ1n) is 13.9. The number of amides is 1. The molecule has 0 unspecified atom stereocenters. The Bertz CT molecular complexity index is 913. The fourth-order valence-electron chi connectivity index (χ4n) is 4.43. The molecule has 36 heavy (non-hydrogen) atoms. The van der Waals surface area contributed by atoms with Gasteiger partial charge in [-0.3, -0.25) is 4.79 Å². The van der Waals surface area contributed by atoms with Gasteiger partial charge in [-0.05, 0) is 53.8 Å². The van der Waals surface area contributed by atoms with Gasteiger partial charge in [-0.15, -0.1) is 11.8 Å². The van der Waals surface area contributed by atoms with E-state index >= 15 is 0 Å². The van der Waals surface area contributed by atoms with Gasteiger partial charge < -0.3 is 15.0 Å². The Morgan fingerprint density at radius 3 is 2.19 bits per heavy atom. The van der Waals surface area contributed by atoms with Crippen LogP contribution < -0.4 is 10.1 Å². The third-order valence-corrected chi connectivity index (χ3v) is 7.36. The summed E-state index contributed by atoms with van der Waals surface area (Å²) in [6, 6.07) is 15.5. The lowest BCUT2D eigenvalue weighted by molar-refractivity contribution is 0.102. The number of thioether (sulfide) groups is 1. The molecule has 1 amide bonds. The highest BCUT2D eigenvalue weighted by molar-refractivity contribution is 8.02. The molecular formula is C31H44N2O2S. The monoisotopic (exact) mass is 508 g/mol. The number of hydrogen-bond donors (Lipinski definition) is 1. The number of nitrogens with zero attached hydrogens (tertiary/aromatic N) is 1. The molecule has 4 nitrogen and oxygen atoms in total. The topological polar surface area (TPSA) is 41.6 Å². The van der Waals surface area contributed by atoms with E-state index in [1.54, 1.807) is 11.8 Å². The summed E-state index contributed by atoms with van der Waals surface area (Å²) in [5, 5.41) is 5.13. The van der Waals surface area contributed by atoms with Crippen molar-refractivity contribution in [1.29, 1.82) is 0 Å². The van der Waals surface area contributed by atoms with Crippen LogP contribution in [0, 0.1) is 0 Å². The van der Waals surface area contributed by atoms with Crippen molar-refractivity contribution in [2.75, 3.05) is 17.8 Å². The molecule has 0 bridgehead atoms. The number of rotatable bonds is 18. The highest BCUT2D eigenvalue weighted by atomic mass is 32.2. The van der Waals surface area contributed by atoms with Crippen molar-refractivity contribution in [3.63, 3.8) is 0 Å². The Kier molecular flexibility index (Phi) is 13.4. The van der Waals surface area contributed by atoms with Crippen molar-refractivity contribution in [3.8, 4) is 5.75 Å². The average molecular weight is 509 g/mol. The molecule has 0 fully saturated rings. The molecule has 196 valence electrons. The lowest BCUT2D eigenvalue weighted by Gasteiger charge is -2.15. The fraction of sp³-hybridized carbons (Fsp3) is 0.516. The van der Waals surface area contributed by atoms with Gasteiger partial charge in [-0.2, -0.15) is 0 Å². The maximum Gasteiger partial charge on any atom is 0.255 e. The molecule has 1 aliphatic rings. The van der Waals surface area contributed by atoms with Gasteiger partial charge in [0.1, 0.15) is 5.75 Å². The van der Waals surface area contributed by atoms with E-state index in [0.717, 1.165) is 36.9 Å². The SMILES string of the molecule is CCCCCCCCCCCCCCOc1ccc(C(=O)Nc2cccc(CN3C=CSC3)c2)cc1. The summed E-state index contributed by atoms with van der Waals surface area (Å²) in [5.74, 6) is 1.70. The van der Waals surface area contributed by atoms with Crippen molar-refractivity contribution < 1.29 is 9.53 Å². The Morgan fingerprint density at radius 2 is 1.56 bits per heavy atom. The minimum atomic E-state index is -0.101. The molecule has 3 rings (SSSR count). The van der Waals surface area contributed by atoms with Gasteiger partial charge >= 0.3 is 0 Å². The van der Waals surface area contributed by atoms with Crippen LogP contribution in [-0.2, 0) is 6.54 Å². The van der Waals surface area contributed by atoms with Gasteiger partial charge in [0, 0.05) is 24.0 Å². The number of carbonyl (C=O) groups excluding carboxylic acids is 1. The molecule has 0 atom stereocenters. The fourth-order valence-corrected chi connectivity index (χ4v) is 5.14. The number of unbranched alkanes of at least 4 members (excludes halogenated alkanes) is 11. The zero-order chi connectivity index (χ0) is 25.3. The molecule has 0 aliphatic carbocycles. The van der Waals surface area contributed by atoms with Crippen LogP contribution in [0.15, 0.2) is 60.1 Å². The van der Waals surface area contributed by atoms with Gasteiger partial charge in [0.25, 0.3) is 5.91 Å². The van der Waals surface area contributed by atoms with E-state index in [-0.39, 0.29) is 5.91 Å². The number of nitrogens with one attached hydrogen (secondary N) is 1. The molecule has 1 heterocycles. The molecule has 0 aromatic heterocycles. The van der Waals surface area contributed by atoms with Gasteiger partial charge in [-0.25, -0.2) is 0 Å². The van der Waals surface area contributed by atoms with Crippen LogP contribution >= 0.6 is 11.8 Å². The largest absolute Gasteiger partial charge is 0.494 e. The summed E-state index contributed by atoms with van der Waals surface area (Å²) >= 11 is 1.79. The average Bonchev–Trinajstić information content (AvgIpc) is 3.40. The summed E-state index contributed by atoms with van der Waals surface area (Å²) in [4.78, 5) is 14.9. The Hall–Kier alpha value is -2.40. The van der Waals surface area contributed by atoms with Crippen molar-refractivity contribution in [1.82, 2.24) is 4.90 Å². The highest BCUT2D eigenvalue weighted by Gasteiger charge is 2.09. The highest BCUT2D eigenvalue weighted by Crippen LogP contribution is 2.20. The molecule has 0 saturated heterocycles. The standard InChI is InChI=1S/C31H44N2O2S/c1-2-3-4-5-6-7-8-9-10-11-12-13-22-35-30-19-17-28(18-20-30)31(34)32-29-16-14-15-27(24-29)25-33-21-23-36-26-33/h14-21,23-24H,2-13,22,25-26H2,1H3,(H,32,34). The maximum atomic E-state index is 12.7.